The Kier molecular flexibility index (Phi) is 6.57. The Hall–Kier alpha value is -2.12. The molecule has 1 unspecified atom stereocenters. The average molecular weight is 456 g/mol. The number of carboxylic acids is 1. The van der Waals surface area contributed by atoms with Gasteiger partial charge in [0.15, 0.2) is 0 Å². The zero-order valence-electron chi connectivity index (χ0n) is 14.2. The van der Waals surface area contributed by atoms with Crippen molar-refractivity contribution in [1.29, 1.82) is 0 Å². The lowest BCUT2D eigenvalue weighted by molar-refractivity contribution is -0.137. The van der Waals surface area contributed by atoms with Crippen molar-refractivity contribution in [3.05, 3.63) is 74.2 Å². The smallest absolute Gasteiger partial charge is 0.305 e. The van der Waals surface area contributed by atoms with E-state index in [9.17, 15) is 14.7 Å². The highest BCUT2D eigenvalue weighted by Crippen LogP contribution is 2.32. The van der Waals surface area contributed by atoms with Gasteiger partial charge in [0.25, 0.3) is 5.91 Å². The highest BCUT2D eigenvalue weighted by molar-refractivity contribution is 7.13. The Morgan fingerprint density at radius 1 is 1.11 bits per heavy atom. The molecule has 0 saturated heterocycles. The maximum Gasteiger partial charge on any atom is 0.305 e. The number of amides is 1. The predicted molar refractivity (Wildman–Crippen MR) is 111 cm³/mol. The summed E-state index contributed by atoms with van der Waals surface area (Å²) in [5.41, 5.74) is 1.44. The van der Waals surface area contributed by atoms with Crippen LogP contribution in [-0.2, 0) is 4.79 Å². The summed E-state index contributed by atoms with van der Waals surface area (Å²) in [6, 6.07) is 11.1. The van der Waals surface area contributed by atoms with E-state index in [1.165, 1.54) is 11.3 Å². The van der Waals surface area contributed by atoms with E-state index >= 15 is 0 Å². The molecule has 0 radical (unpaired) electrons. The van der Waals surface area contributed by atoms with Crippen molar-refractivity contribution >= 4 is 58.0 Å². The number of rotatable bonds is 6. The molecule has 144 valence electrons. The first-order chi connectivity index (χ1) is 13.3. The van der Waals surface area contributed by atoms with Gasteiger partial charge in [-0.15, -0.1) is 11.3 Å². The maximum atomic E-state index is 12.6. The van der Waals surface area contributed by atoms with Gasteiger partial charge >= 0.3 is 5.97 Å². The number of hydrogen-bond donors (Lipinski definition) is 2. The molecule has 0 aliphatic carbocycles. The Morgan fingerprint density at radius 2 is 1.82 bits per heavy atom. The number of carbonyl (C=O) groups excluding carboxylic acids is 1. The van der Waals surface area contributed by atoms with Crippen LogP contribution in [-0.4, -0.2) is 22.0 Å². The molecule has 2 N–H and O–H groups in total. The van der Waals surface area contributed by atoms with Gasteiger partial charge in [-0.05, 0) is 23.8 Å². The molecule has 1 amide bonds. The molecule has 3 aromatic rings. The first kappa shape index (κ1) is 20.6. The minimum absolute atomic E-state index is 0.184. The molecule has 1 atom stereocenters. The molecule has 9 heteroatoms. The van der Waals surface area contributed by atoms with Gasteiger partial charge < -0.3 is 10.4 Å². The fourth-order valence-corrected chi connectivity index (χ4v) is 3.91. The number of thiazole rings is 1. The minimum atomic E-state index is -1.08. The summed E-state index contributed by atoms with van der Waals surface area (Å²) < 4.78 is 0. The van der Waals surface area contributed by atoms with Crippen molar-refractivity contribution in [2.24, 2.45) is 0 Å². The Labute approximate surface area is 179 Å². The lowest BCUT2D eigenvalue weighted by atomic mass is 10.0. The van der Waals surface area contributed by atoms with Gasteiger partial charge in [0.2, 0.25) is 0 Å². The number of aromatic nitrogens is 1. The second kappa shape index (κ2) is 8.92. The van der Waals surface area contributed by atoms with Crippen molar-refractivity contribution in [3.63, 3.8) is 0 Å². The van der Waals surface area contributed by atoms with Crippen molar-refractivity contribution < 1.29 is 14.7 Å². The molecule has 0 bridgehead atoms. The summed E-state index contributed by atoms with van der Waals surface area (Å²) in [4.78, 5) is 28.2. The lowest BCUT2D eigenvalue weighted by Crippen LogP contribution is -2.30. The first-order valence-electron chi connectivity index (χ1n) is 8.03. The number of hydrogen-bond acceptors (Lipinski definition) is 4. The number of halogens is 3. The molecule has 1 aromatic heterocycles. The quantitative estimate of drug-likeness (QED) is 0.498. The molecule has 0 aliphatic rings. The first-order valence-corrected chi connectivity index (χ1v) is 10.0. The van der Waals surface area contributed by atoms with Crippen LogP contribution in [0.1, 0.15) is 28.5 Å². The molecule has 2 aromatic carbocycles. The average Bonchev–Trinajstić information content (AvgIpc) is 3.14. The summed E-state index contributed by atoms with van der Waals surface area (Å²) in [6.07, 6.45) is -0.347. The molecule has 0 fully saturated rings. The number of aliphatic carboxylic acids is 1. The van der Waals surface area contributed by atoms with Crippen LogP contribution in [0.2, 0.25) is 15.1 Å². The molecule has 5 nitrogen and oxygen atoms in total. The summed E-state index contributed by atoms with van der Waals surface area (Å²) in [5.74, 6) is -1.58. The number of carboxylic acid groups (broad SMARTS) is 1. The van der Waals surface area contributed by atoms with Crippen LogP contribution in [0, 0.1) is 0 Å². The minimum Gasteiger partial charge on any atom is -0.481 e. The van der Waals surface area contributed by atoms with Crippen LogP contribution in [0.4, 0.5) is 0 Å². The third kappa shape index (κ3) is 4.83. The van der Waals surface area contributed by atoms with Gasteiger partial charge in [-0.1, -0.05) is 59.1 Å². The summed E-state index contributed by atoms with van der Waals surface area (Å²) in [7, 11) is 0. The topological polar surface area (TPSA) is 79.3 Å². The molecule has 28 heavy (non-hydrogen) atoms. The number of nitrogens with zero attached hydrogens (tertiary/aromatic N) is 1. The molecule has 0 spiro atoms. The fourth-order valence-electron chi connectivity index (χ4n) is 2.54. The highest BCUT2D eigenvalue weighted by atomic mass is 35.5. The third-order valence-corrected chi connectivity index (χ3v) is 5.85. The van der Waals surface area contributed by atoms with Crippen LogP contribution in [0.3, 0.4) is 0 Å². The van der Waals surface area contributed by atoms with E-state index in [2.05, 4.69) is 10.3 Å². The van der Waals surface area contributed by atoms with Crippen LogP contribution < -0.4 is 5.32 Å². The van der Waals surface area contributed by atoms with Crippen molar-refractivity contribution in [2.45, 2.75) is 12.5 Å². The Bertz CT molecular complexity index is 1020. The van der Waals surface area contributed by atoms with Gasteiger partial charge in [0, 0.05) is 16.0 Å². The van der Waals surface area contributed by atoms with Crippen LogP contribution in [0.25, 0.3) is 10.6 Å². The van der Waals surface area contributed by atoms with Crippen LogP contribution in [0.15, 0.2) is 47.8 Å². The fraction of sp³-hybridized carbons (Fsp3) is 0.105. The normalized spacial score (nSPS) is 11.8. The summed E-state index contributed by atoms with van der Waals surface area (Å²) >= 11 is 19.4. The van der Waals surface area contributed by atoms with E-state index in [-0.39, 0.29) is 22.2 Å². The van der Waals surface area contributed by atoms with Gasteiger partial charge in [0.05, 0.1) is 22.5 Å². The SMILES string of the molecule is O=C(O)CC(NC(=O)c1csc(-c2ccc(Cl)cc2)n1)c1cccc(Cl)c1Cl. The van der Waals surface area contributed by atoms with Crippen molar-refractivity contribution in [2.75, 3.05) is 0 Å². The predicted octanol–water partition coefficient (Wildman–Crippen LogP) is 5.72. The van der Waals surface area contributed by atoms with Crippen LogP contribution >= 0.6 is 46.1 Å². The van der Waals surface area contributed by atoms with Gasteiger partial charge in [0.1, 0.15) is 10.7 Å². The number of nitrogens with one attached hydrogen (secondary N) is 1. The zero-order chi connectivity index (χ0) is 20.3. The van der Waals surface area contributed by atoms with E-state index < -0.39 is 17.9 Å². The summed E-state index contributed by atoms with van der Waals surface area (Å²) in [5, 5.41) is 15.2. The molecular formula is C19H13Cl3N2O3S. The molecule has 1 heterocycles. The van der Waals surface area contributed by atoms with Gasteiger partial charge in [-0.3, -0.25) is 9.59 Å². The zero-order valence-corrected chi connectivity index (χ0v) is 17.2. The van der Waals surface area contributed by atoms with E-state index in [1.807, 2.05) is 12.1 Å². The number of carbonyl (C=O) groups is 2. The Morgan fingerprint density at radius 3 is 2.50 bits per heavy atom. The van der Waals surface area contributed by atoms with E-state index in [0.717, 1.165) is 5.56 Å². The van der Waals surface area contributed by atoms with Gasteiger partial charge in [-0.2, -0.15) is 0 Å². The third-order valence-electron chi connectivity index (χ3n) is 3.87. The molecule has 0 aliphatic heterocycles. The van der Waals surface area contributed by atoms with E-state index in [1.54, 1.807) is 35.7 Å². The summed E-state index contributed by atoms with van der Waals surface area (Å²) in [6.45, 7) is 0. The second-order valence-corrected chi connectivity index (χ2v) is 7.89. The molecular weight excluding hydrogens is 443 g/mol. The highest BCUT2D eigenvalue weighted by Gasteiger charge is 2.23. The Balaban J connectivity index is 1.83. The van der Waals surface area contributed by atoms with Crippen molar-refractivity contribution in [3.8, 4) is 10.6 Å². The lowest BCUT2D eigenvalue weighted by Gasteiger charge is -2.18. The largest absolute Gasteiger partial charge is 0.481 e. The second-order valence-electron chi connectivity index (χ2n) is 5.81. The van der Waals surface area contributed by atoms with Gasteiger partial charge in [-0.25, -0.2) is 4.98 Å². The van der Waals surface area contributed by atoms with E-state index in [4.69, 9.17) is 34.8 Å². The standard InChI is InChI=1S/C19H13Cl3N2O3S/c20-11-6-4-10(5-7-11)19-24-15(9-28-19)18(27)23-14(8-16(25)26)12-2-1-3-13(21)17(12)22/h1-7,9,14H,8H2,(H,23,27)(H,25,26). The monoisotopic (exact) mass is 454 g/mol. The maximum absolute atomic E-state index is 12.6. The number of benzene rings is 2. The van der Waals surface area contributed by atoms with Crippen LogP contribution in [0.5, 0.6) is 0 Å². The van der Waals surface area contributed by atoms with Crippen molar-refractivity contribution in [1.82, 2.24) is 10.3 Å². The molecule has 0 saturated carbocycles. The molecule has 3 rings (SSSR count). The van der Waals surface area contributed by atoms with E-state index in [0.29, 0.717) is 15.6 Å².